The van der Waals surface area contributed by atoms with E-state index < -0.39 is 12.1 Å². The van der Waals surface area contributed by atoms with Gasteiger partial charge in [-0.3, -0.25) is 4.79 Å². The number of amides is 1. The molecular weight excluding hydrogens is 332 g/mol. The minimum Gasteiger partial charge on any atom is -0.448 e. The molecule has 138 valence electrons. The Morgan fingerprint density at radius 2 is 1.81 bits per heavy atom. The van der Waals surface area contributed by atoms with Crippen LogP contribution in [0.2, 0.25) is 0 Å². The van der Waals surface area contributed by atoms with E-state index in [2.05, 4.69) is 10.2 Å². The Hall–Kier alpha value is -2.70. The number of carbonyl (C=O) groups excluding carboxylic acids is 2. The molecule has 2 aromatic rings. The van der Waals surface area contributed by atoms with E-state index in [-0.39, 0.29) is 11.6 Å². The number of ether oxygens (including phenoxy) is 1. The van der Waals surface area contributed by atoms with Crippen molar-refractivity contribution in [2.75, 3.05) is 13.1 Å². The molecule has 3 rings (SSSR count). The van der Waals surface area contributed by atoms with Gasteiger partial charge in [0.05, 0.1) is 11.4 Å². The SMILES string of the molecule is Cc1ccc(-n2nc(C)c(C(=O)O[C@H](C)C(=O)N3CCCC3)n2)c(C)c1. The number of likely N-dealkylation sites (tertiary alicyclic amines) is 1. The molecule has 2 heterocycles. The molecule has 0 spiro atoms. The largest absolute Gasteiger partial charge is 0.448 e. The van der Waals surface area contributed by atoms with Crippen LogP contribution in [0.4, 0.5) is 0 Å². The van der Waals surface area contributed by atoms with Gasteiger partial charge in [0, 0.05) is 13.1 Å². The summed E-state index contributed by atoms with van der Waals surface area (Å²) < 4.78 is 5.34. The van der Waals surface area contributed by atoms with Crippen molar-refractivity contribution in [2.24, 2.45) is 0 Å². The second-order valence-corrected chi connectivity index (χ2v) is 6.79. The van der Waals surface area contributed by atoms with Gasteiger partial charge in [-0.2, -0.15) is 9.90 Å². The number of aromatic nitrogens is 3. The third-order valence-electron chi connectivity index (χ3n) is 4.59. The predicted molar refractivity (Wildman–Crippen MR) is 96.3 cm³/mol. The Kier molecular flexibility index (Phi) is 5.06. The molecule has 1 aliphatic rings. The predicted octanol–water partition coefficient (Wildman–Crippen LogP) is 2.36. The Bertz CT molecular complexity index is 837. The van der Waals surface area contributed by atoms with Crippen LogP contribution in [0.5, 0.6) is 0 Å². The maximum atomic E-state index is 12.5. The van der Waals surface area contributed by atoms with E-state index in [1.54, 1.807) is 18.7 Å². The molecule has 1 fully saturated rings. The second kappa shape index (κ2) is 7.27. The molecule has 1 atom stereocenters. The highest BCUT2D eigenvalue weighted by Crippen LogP contribution is 2.16. The lowest BCUT2D eigenvalue weighted by Gasteiger charge is -2.20. The number of rotatable bonds is 4. The van der Waals surface area contributed by atoms with Gasteiger partial charge in [-0.25, -0.2) is 4.79 Å². The molecule has 0 radical (unpaired) electrons. The van der Waals surface area contributed by atoms with Crippen molar-refractivity contribution >= 4 is 11.9 Å². The van der Waals surface area contributed by atoms with Crippen LogP contribution < -0.4 is 0 Å². The van der Waals surface area contributed by atoms with Gasteiger partial charge in [-0.15, -0.1) is 5.10 Å². The zero-order chi connectivity index (χ0) is 18.8. The highest BCUT2D eigenvalue weighted by molar-refractivity contribution is 5.91. The molecule has 0 aliphatic carbocycles. The molecule has 7 nitrogen and oxygen atoms in total. The fraction of sp³-hybridized carbons (Fsp3) is 0.474. The number of carbonyl (C=O) groups is 2. The normalized spacial score (nSPS) is 15.2. The number of benzene rings is 1. The lowest BCUT2D eigenvalue weighted by molar-refractivity contribution is -0.138. The van der Waals surface area contributed by atoms with Crippen LogP contribution in [-0.2, 0) is 9.53 Å². The number of nitrogens with zero attached hydrogens (tertiary/aromatic N) is 4. The fourth-order valence-corrected chi connectivity index (χ4v) is 3.17. The first kappa shape index (κ1) is 18.1. The maximum Gasteiger partial charge on any atom is 0.361 e. The Morgan fingerprint density at radius 1 is 1.12 bits per heavy atom. The van der Waals surface area contributed by atoms with Crippen molar-refractivity contribution in [1.29, 1.82) is 0 Å². The molecule has 0 saturated carbocycles. The average molecular weight is 356 g/mol. The summed E-state index contributed by atoms with van der Waals surface area (Å²) in [5.74, 6) is -0.783. The van der Waals surface area contributed by atoms with E-state index in [1.807, 2.05) is 32.0 Å². The summed E-state index contributed by atoms with van der Waals surface area (Å²) in [6.07, 6.45) is 1.16. The van der Waals surface area contributed by atoms with Crippen LogP contribution in [0.15, 0.2) is 18.2 Å². The smallest absolute Gasteiger partial charge is 0.361 e. The molecule has 1 aliphatic heterocycles. The van der Waals surface area contributed by atoms with Crippen molar-refractivity contribution in [3.05, 3.63) is 40.7 Å². The van der Waals surface area contributed by atoms with Crippen LogP contribution in [0, 0.1) is 20.8 Å². The molecule has 1 saturated heterocycles. The van der Waals surface area contributed by atoms with Crippen LogP contribution in [0.3, 0.4) is 0 Å². The van der Waals surface area contributed by atoms with Crippen molar-refractivity contribution in [3.8, 4) is 5.69 Å². The third-order valence-corrected chi connectivity index (χ3v) is 4.59. The topological polar surface area (TPSA) is 77.3 Å². The summed E-state index contributed by atoms with van der Waals surface area (Å²) in [5.41, 5.74) is 3.56. The minimum absolute atomic E-state index is 0.131. The zero-order valence-electron chi connectivity index (χ0n) is 15.7. The van der Waals surface area contributed by atoms with Gasteiger partial charge in [0.2, 0.25) is 0 Å². The van der Waals surface area contributed by atoms with Gasteiger partial charge in [0.25, 0.3) is 5.91 Å². The standard InChI is InChI=1S/C19H24N4O3/c1-12-7-8-16(13(2)11-12)23-20-14(3)17(21-23)19(25)26-15(4)18(24)22-9-5-6-10-22/h7-8,11,15H,5-6,9-10H2,1-4H3/t15-/m1/s1. The molecule has 0 unspecified atom stereocenters. The lowest BCUT2D eigenvalue weighted by Crippen LogP contribution is -2.38. The van der Waals surface area contributed by atoms with Crippen LogP contribution >= 0.6 is 0 Å². The molecule has 7 heteroatoms. The van der Waals surface area contributed by atoms with E-state index in [0.29, 0.717) is 5.69 Å². The highest BCUT2D eigenvalue weighted by atomic mass is 16.5. The van der Waals surface area contributed by atoms with Crippen LogP contribution in [0.25, 0.3) is 5.69 Å². The Morgan fingerprint density at radius 3 is 2.46 bits per heavy atom. The molecule has 0 bridgehead atoms. The number of hydrogen-bond acceptors (Lipinski definition) is 5. The minimum atomic E-state index is -0.828. The van der Waals surface area contributed by atoms with Gasteiger partial charge in [0.1, 0.15) is 0 Å². The van der Waals surface area contributed by atoms with Crippen LogP contribution in [-0.4, -0.2) is 51.0 Å². The first-order valence-electron chi connectivity index (χ1n) is 8.88. The zero-order valence-corrected chi connectivity index (χ0v) is 15.7. The fourth-order valence-electron chi connectivity index (χ4n) is 3.17. The van der Waals surface area contributed by atoms with Gasteiger partial charge < -0.3 is 9.64 Å². The van der Waals surface area contributed by atoms with Gasteiger partial charge in [-0.1, -0.05) is 17.7 Å². The summed E-state index contributed by atoms with van der Waals surface area (Å²) in [4.78, 5) is 27.9. The molecule has 1 aromatic carbocycles. The lowest BCUT2D eigenvalue weighted by atomic mass is 10.1. The number of hydrogen-bond donors (Lipinski definition) is 0. The highest BCUT2D eigenvalue weighted by Gasteiger charge is 2.28. The summed E-state index contributed by atoms with van der Waals surface area (Å²) in [6, 6.07) is 5.91. The van der Waals surface area contributed by atoms with Gasteiger partial charge >= 0.3 is 5.97 Å². The molecule has 0 N–H and O–H groups in total. The van der Waals surface area contributed by atoms with E-state index >= 15 is 0 Å². The Balaban J connectivity index is 1.75. The monoisotopic (exact) mass is 356 g/mol. The molecule has 1 amide bonds. The maximum absolute atomic E-state index is 12.5. The first-order chi connectivity index (χ1) is 12.4. The number of aryl methyl sites for hydroxylation is 3. The van der Waals surface area contributed by atoms with Crippen molar-refractivity contribution in [2.45, 2.75) is 46.6 Å². The van der Waals surface area contributed by atoms with Crippen molar-refractivity contribution in [3.63, 3.8) is 0 Å². The summed E-state index contributed by atoms with van der Waals surface area (Å²) in [6.45, 7) is 8.74. The van der Waals surface area contributed by atoms with Gasteiger partial charge in [0.15, 0.2) is 11.8 Å². The van der Waals surface area contributed by atoms with E-state index in [9.17, 15) is 9.59 Å². The van der Waals surface area contributed by atoms with Crippen molar-refractivity contribution < 1.29 is 14.3 Å². The van der Waals surface area contributed by atoms with E-state index in [4.69, 9.17) is 4.74 Å². The quantitative estimate of drug-likeness (QED) is 0.786. The molecular formula is C19H24N4O3. The third kappa shape index (κ3) is 3.61. The van der Waals surface area contributed by atoms with E-state index in [1.165, 1.54) is 4.80 Å². The second-order valence-electron chi connectivity index (χ2n) is 6.79. The Labute approximate surface area is 152 Å². The number of esters is 1. The summed E-state index contributed by atoms with van der Waals surface area (Å²) in [7, 11) is 0. The first-order valence-corrected chi connectivity index (χ1v) is 8.88. The molecule has 1 aromatic heterocycles. The van der Waals surface area contributed by atoms with E-state index in [0.717, 1.165) is 42.7 Å². The average Bonchev–Trinajstić information content (AvgIpc) is 3.23. The van der Waals surface area contributed by atoms with Crippen molar-refractivity contribution in [1.82, 2.24) is 19.9 Å². The van der Waals surface area contributed by atoms with Crippen LogP contribution in [0.1, 0.15) is 47.1 Å². The van der Waals surface area contributed by atoms with Gasteiger partial charge in [-0.05, 0) is 52.2 Å². The molecule has 26 heavy (non-hydrogen) atoms. The summed E-state index contributed by atoms with van der Waals surface area (Å²) >= 11 is 0. The summed E-state index contributed by atoms with van der Waals surface area (Å²) in [5, 5.41) is 8.62.